The van der Waals surface area contributed by atoms with E-state index in [4.69, 9.17) is 9.47 Å². The van der Waals surface area contributed by atoms with Gasteiger partial charge < -0.3 is 14.8 Å². The number of amides is 1. The second kappa shape index (κ2) is 7.34. The van der Waals surface area contributed by atoms with E-state index in [-0.39, 0.29) is 11.5 Å². The largest absolute Gasteiger partial charge is 0.493 e. The Kier molecular flexibility index (Phi) is 4.73. The second-order valence-corrected chi connectivity index (χ2v) is 6.70. The molecule has 2 aromatic carbocycles. The summed E-state index contributed by atoms with van der Waals surface area (Å²) in [7, 11) is 3.06. The van der Waals surface area contributed by atoms with Gasteiger partial charge in [-0.2, -0.15) is 0 Å². The Morgan fingerprint density at radius 2 is 1.89 bits per heavy atom. The van der Waals surface area contributed by atoms with Crippen molar-refractivity contribution < 1.29 is 14.3 Å². The van der Waals surface area contributed by atoms with E-state index < -0.39 is 0 Å². The molecule has 28 heavy (non-hydrogen) atoms. The van der Waals surface area contributed by atoms with Crippen molar-refractivity contribution in [2.75, 3.05) is 19.5 Å². The molecule has 1 aliphatic rings. The maximum Gasteiger partial charge on any atom is 0.261 e. The number of ether oxygens (including phenoxy) is 2. The third-order valence-electron chi connectivity index (χ3n) is 4.97. The lowest BCUT2D eigenvalue weighted by Crippen LogP contribution is -2.28. The highest BCUT2D eigenvalue weighted by molar-refractivity contribution is 6.05. The number of carbonyl (C=O) groups is 1. The topological polar surface area (TPSA) is 82.5 Å². The van der Waals surface area contributed by atoms with Crippen molar-refractivity contribution in [3.8, 4) is 11.5 Å². The minimum absolute atomic E-state index is 0.0538. The van der Waals surface area contributed by atoms with Gasteiger partial charge in [0.2, 0.25) is 0 Å². The molecule has 0 aliphatic carbocycles. The van der Waals surface area contributed by atoms with Crippen LogP contribution in [-0.4, -0.2) is 29.7 Å². The van der Waals surface area contributed by atoms with Crippen molar-refractivity contribution in [3.63, 3.8) is 0 Å². The molecule has 4 rings (SSSR count). The molecule has 0 radical (unpaired) electrons. The fourth-order valence-corrected chi connectivity index (χ4v) is 3.50. The molecule has 1 amide bonds. The Morgan fingerprint density at radius 3 is 2.68 bits per heavy atom. The highest BCUT2D eigenvalue weighted by atomic mass is 16.5. The van der Waals surface area contributed by atoms with Crippen molar-refractivity contribution in [2.24, 2.45) is 0 Å². The van der Waals surface area contributed by atoms with Gasteiger partial charge in [-0.1, -0.05) is 0 Å². The van der Waals surface area contributed by atoms with Crippen LogP contribution in [0.2, 0.25) is 0 Å². The highest BCUT2D eigenvalue weighted by Crippen LogP contribution is 2.28. The summed E-state index contributed by atoms with van der Waals surface area (Å²) in [5.41, 5.74) is 1.57. The van der Waals surface area contributed by atoms with E-state index in [2.05, 4.69) is 10.3 Å². The predicted octanol–water partition coefficient (Wildman–Crippen LogP) is 3.00. The Hall–Kier alpha value is -3.35. The number of hydrogen-bond acceptors (Lipinski definition) is 5. The Bertz CT molecular complexity index is 1120. The van der Waals surface area contributed by atoms with Gasteiger partial charge in [0.15, 0.2) is 11.5 Å². The first-order valence-corrected chi connectivity index (χ1v) is 9.17. The molecule has 144 valence electrons. The van der Waals surface area contributed by atoms with Crippen LogP contribution in [0, 0.1) is 0 Å². The molecule has 7 nitrogen and oxygen atoms in total. The first kappa shape index (κ1) is 18.0. The summed E-state index contributed by atoms with van der Waals surface area (Å²) in [6, 6.07) is 10.2. The Labute approximate surface area is 161 Å². The molecule has 7 heteroatoms. The third-order valence-corrected chi connectivity index (χ3v) is 4.97. The number of benzene rings is 2. The van der Waals surface area contributed by atoms with Crippen LogP contribution in [0.1, 0.15) is 29.0 Å². The lowest BCUT2D eigenvalue weighted by Gasteiger charge is -2.18. The maximum absolute atomic E-state index is 12.8. The number of aryl methyl sites for hydroxylation is 1. The molecule has 1 aliphatic heterocycles. The van der Waals surface area contributed by atoms with E-state index in [1.165, 1.54) is 14.2 Å². The number of hydrogen-bond donors (Lipinski definition) is 1. The summed E-state index contributed by atoms with van der Waals surface area (Å²) in [5, 5.41) is 3.35. The molecular weight excluding hydrogens is 358 g/mol. The second-order valence-electron chi connectivity index (χ2n) is 6.70. The average Bonchev–Trinajstić information content (AvgIpc) is 2.73. The summed E-state index contributed by atoms with van der Waals surface area (Å²) in [6.07, 6.45) is 2.86. The molecule has 1 N–H and O–H groups in total. The van der Waals surface area contributed by atoms with Crippen LogP contribution >= 0.6 is 0 Å². The van der Waals surface area contributed by atoms with Crippen molar-refractivity contribution in [2.45, 2.75) is 25.8 Å². The minimum atomic E-state index is -0.300. The number of anilines is 1. The summed E-state index contributed by atoms with van der Waals surface area (Å²) in [6.45, 7) is 0.694. The molecule has 0 saturated heterocycles. The summed E-state index contributed by atoms with van der Waals surface area (Å²) >= 11 is 0. The molecular formula is C21H21N3O4. The zero-order valence-corrected chi connectivity index (χ0v) is 15.8. The van der Waals surface area contributed by atoms with Crippen LogP contribution in [-0.2, 0) is 13.0 Å². The van der Waals surface area contributed by atoms with Crippen LogP contribution in [0.3, 0.4) is 0 Å². The fourth-order valence-electron chi connectivity index (χ4n) is 3.50. The molecule has 0 spiro atoms. The molecule has 0 fully saturated rings. The Morgan fingerprint density at radius 1 is 1.07 bits per heavy atom. The molecule has 0 unspecified atom stereocenters. The SMILES string of the molecule is COc1ccc(C(=O)Nc2ccc3nc4n(c(=O)c3c2)CCCC4)cc1OC. The normalized spacial score (nSPS) is 13.1. The number of nitrogens with zero attached hydrogens (tertiary/aromatic N) is 2. The van der Waals surface area contributed by atoms with E-state index in [9.17, 15) is 9.59 Å². The van der Waals surface area contributed by atoms with Crippen molar-refractivity contribution in [1.82, 2.24) is 9.55 Å². The molecule has 3 aromatic rings. The lowest BCUT2D eigenvalue weighted by molar-refractivity contribution is 0.102. The third kappa shape index (κ3) is 3.19. The van der Waals surface area contributed by atoms with Crippen LogP contribution in [0.5, 0.6) is 11.5 Å². The zero-order chi connectivity index (χ0) is 19.7. The van der Waals surface area contributed by atoms with E-state index in [1.54, 1.807) is 41.0 Å². The van der Waals surface area contributed by atoms with Gasteiger partial charge in [-0.25, -0.2) is 4.98 Å². The standard InChI is InChI=1S/C21H21N3O4/c1-27-17-9-6-13(11-18(17)28-2)20(25)22-14-7-8-16-15(12-14)21(26)24-10-4-3-5-19(24)23-16/h6-9,11-12H,3-5,10H2,1-2H3,(H,22,25). The van der Waals surface area contributed by atoms with E-state index >= 15 is 0 Å². The molecule has 0 saturated carbocycles. The number of fused-ring (bicyclic) bond motifs is 2. The van der Waals surface area contributed by atoms with Gasteiger partial charge in [-0.05, 0) is 49.2 Å². The molecule has 0 bridgehead atoms. The van der Waals surface area contributed by atoms with Gasteiger partial charge in [0.25, 0.3) is 11.5 Å². The van der Waals surface area contributed by atoms with E-state index in [1.807, 2.05) is 0 Å². The molecule has 2 heterocycles. The summed E-state index contributed by atoms with van der Waals surface area (Å²) in [5.74, 6) is 1.56. The number of nitrogens with one attached hydrogen (secondary N) is 1. The van der Waals surface area contributed by atoms with Crippen molar-refractivity contribution >= 4 is 22.5 Å². The molecule has 1 aromatic heterocycles. The van der Waals surface area contributed by atoms with E-state index in [0.717, 1.165) is 25.1 Å². The minimum Gasteiger partial charge on any atom is -0.493 e. The van der Waals surface area contributed by atoms with Gasteiger partial charge in [0.1, 0.15) is 5.82 Å². The summed E-state index contributed by atoms with van der Waals surface area (Å²) < 4.78 is 12.2. The number of rotatable bonds is 4. The van der Waals surface area contributed by atoms with Crippen LogP contribution in [0.4, 0.5) is 5.69 Å². The van der Waals surface area contributed by atoms with Crippen LogP contribution < -0.4 is 20.3 Å². The average molecular weight is 379 g/mol. The number of carbonyl (C=O) groups excluding carboxylic acids is 1. The first-order valence-electron chi connectivity index (χ1n) is 9.17. The number of aromatic nitrogens is 2. The first-order chi connectivity index (χ1) is 13.6. The number of methoxy groups -OCH3 is 2. The predicted molar refractivity (Wildman–Crippen MR) is 106 cm³/mol. The highest BCUT2D eigenvalue weighted by Gasteiger charge is 2.16. The monoisotopic (exact) mass is 379 g/mol. The van der Waals surface area contributed by atoms with Crippen LogP contribution in [0.25, 0.3) is 10.9 Å². The molecule has 0 atom stereocenters. The maximum atomic E-state index is 12.8. The Balaban J connectivity index is 1.65. The van der Waals surface area contributed by atoms with Crippen molar-refractivity contribution in [3.05, 3.63) is 58.1 Å². The van der Waals surface area contributed by atoms with Gasteiger partial charge >= 0.3 is 0 Å². The van der Waals surface area contributed by atoms with E-state index in [0.29, 0.717) is 40.2 Å². The van der Waals surface area contributed by atoms with Crippen LogP contribution in [0.15, 0.2) is 41.2 Å². The van der Waals surface area contributed by atoms with Gasteiger partial charge in [-0.3, -0.25) is 14.2 Å². The van der Waals surface area contributed by atoms with Crippen molar-refractivity contribution in [1.29, 1.82) is 0 Å². The van der Waals surface area contributed by atoms with Gasteiger partial charge in [0, 0.05) is 24.2 Å². The zero-order valence-electron chi connectivity index (χ0n) is 15.8. The van der Waals surface area contributed by atoms with Gasteiger partial charge in [-0.15, -0.1) is 0 Å². The smallest absolute Gasteiger partial charge is 0.261 e. The van der Waals surface area contributed by atoms with Gasteiger partial charge in [0.05, 0.1) is 25.1 Å². The summed E-state index contributed by atoms with van der Waals surface area (Å²) in [4.78, 5) is 30.1. The lowest BCUT2D eigenvalue weighted by atomic mass is 10.1. The fraction of sp³-hybridized carbons (Fsp3) is 0.286. The quantitative estimate of drug-likeness (QED) is 0.754.